The van der Waals surface area contributed by atoms with E-state index in [2.05, 4.69) is 49.4 Å². The van der Waals surface area contributed by atoms with Gasteiger partial charge in [-0.15, -0.1) is 15.0 Å². The lowest BCUT2D eigenvalue weighted by molar-refractivity contribution is 0.127. The van der Waals surface area contributed by atoms with Gasteiger partial charge in [0.15, 0.2) is 0 Å². The zero-order chi connectivity index (χ0) is 23.8. The lowest BCUT2D eigenvalue weighted by Crippen LogP contribution is -2.24. The highest BCUT2D eigenvalue weighted by Gasteiger charge is 2.36. The van der Waals surface area contributed by atoms with E-state index in [0.29, 0.717) is 17.9 Å². The Bertz CT molecular complexity index is 1300. The molecular weight excluding hydrogens is 432 g/mol. The van der Waals surface area contributed by atoms with Crippen molar-refractivity contribution < 1.29 is 4.74 Å². The molecule has 0 saturated heterocycles. The Morgan fingerprint density at radius 3 is 2.51 bits per heavy atom. The number of aryl methyl sites for hydroxylation is 1. The van der Waals surface area contributed by atoms with Crippen molar-refractivity contribution in [1.29, 1.82) is 0 Å². The van der Waals surface area contributed by atoms with Crippen LogP contribution in [0.1, 0.15) is 61.3 Å². The first-order valence-electron chi connectivity index (χ1n) is 13.1. The van der Waals surface area contributed by atoms with Crippen LogP contribution in [0.4, 0.5) is 0 Å². The van der Waals surface area contributed by atoms with E-state index in [1.165, 1.54) is 36.8 Å². The Kier molecular flexibility index (Phi) is 6.03. The van der Waals surface area contributed by atoms with Crippen LogP contribution in [0.15, 0.2) is 66.7 Å². The lowest BCUT2D eigenvalue weighted by atomic mass is 9.85. The van der Waals surface area contributed by atoms with Crippen LogP contribution in [0.3, 0.4) is 0 Å². The smallest absolute Gasteiger partial charge is 0.147 e. The average molecular weight is 467 g/mol. The van der Waals surface area contributed by atoms with Gasteiger partial charge in [-0.25, -0.2) is 0 Å². The Morgan fingerprint density at radius 1 is 0.943 bits per heavy atom. The number of benzene rings is 3. The zero-order valence-corrected chi connectivity index (χ0v) is 20.4. The van der Waals surface area contributed by atoms with Gasteiger partial charge in [0.1, 0.15) is 28.6 Å². The highest BCUT2D eigenvalue weighted by molar-refractivity contribution is 5.73. The van der Waals surface area contributed by atoms with E-state index in [9.17, 15) is 0 Å². The van der Waals surface area contributed by atoms with E-state index >= 15 is 0 Å². The summed E-state index contributed by atoms with van der Waals surface area (Å²) in [5.74, 6) is 1.95. The standard InChI is InChI=1S/C30H34N4O/c1-20-14-15-29(28(16-20)34-32-26-12-6-7-13-27(26)33-34)35-30-23(19-22-9-3-5-11-25(22)30)17-21-8-2-4-10-24(31)18-21/h3,5-7,9,11-16,21,23-24,30H,2,4,8,10,17-19,31H2,1H3. The van der Waals surface area contributed by atoms with E-state index in [1.54, 1.807) is 4.80 Å². The molecule has 1 aromatic heterocycles. The van der Waals surface area contributed by atoms with E-state index in [1.807, 2.05) is 24.3 Å². The van der Waals surface area contributed by atoms with Gasteiger partial charge in [0.25, 0.3) is 0 Å². The summed E-state index contributed by atoms with van der Waals surface area (Å²) in [4.78, 5) is 1.73. The van der Waals surface area contributed by atoms with Gasteiger partial charge in [0.2, 0.25) is 0 Å². The third kappa shape index (κ3) is 4.57. The molecule has 6 rings (SSSR count). The fraction of sp³-hybridized carbons (Fsp3) is 0.400. The van der Waals surface area contributed by atoms with E-state index in [-0.39, 0.29) is 6.10 Å². The minimum Gasteiger partial charge on any atom is -0.483 e. The summed E-state index contributed by atoms with van der Waals surface area (Å²) in [5, 5.41) is 9.49. The summed E-state index contributed by atoms with van der Waals surface area (Å²) in [5.41, 5.74) is 13.0. The molecule has 5 nitrogen and oxygen atoms in total. The number of nitrogens with zero attached hydrogens (tertiary/aromatic N) is 3. The summed E-state index contributed by atoms with van der Waals surface area (Å²) in [6.07, 6.45) is 8.41. The van der Waals surface area contributed by atoms with Crippen molar-refractivity contribution in [3.05, 3.63) is 83.4 Å². The van der Waals surface area contributed by atoms with Crippen LogP contribution in [0.5, 0.6) is 5.75 Å². The fourth-order valence-electron chi connectivity index (χ4n) is 6.14. The third-order valence-corrected chi connectivity index (χ3v) is 7.85. The minimum atomic E-state index is 0.0251. The minimum absolute atomic E-state index is 0.0251. The average Bonchev–Trinajstić information content (AvgIpc) is 3.37. The van der Waals surface area contributed by atoms with Crippen molar-refractivity contribution in [1.82, 2.24) is 15.0 Å². The second kappa shape index (κ2) is 9.46. The van der Waals surface area contributed by atoms with Crippen LogP contribution in [0.2, 0.25) is 0 Å². The van der Waals surface area contributed by atoms with Crippen LogP contribution in [0, 0.1) is 18.8 Å². The Balaban J connectivity index is 1.34. The lowest BCUT2D eigenvalue weighted by Gasteiger charge is -2.27. The molecule has 1 fully saturated rings. The second-order valence-corrected chi connectivity index (χ2v) is 10.5. The van der Waals surface area contributed by atoms with Gasteiger partial charge in [0, 0.05) is 12.0 Å². The van der Waals surface area contributed by atoms with Crippen LogP contribution >= 0.6 is 0 Å². The van der Waals surface area contributed by atoms with Gasteiger partial charge in [-0.05, 0) is 79.5 Å². The molecule has 2 aliphatic carbocycles. The van der Waals surface area contributed by atoms with Crippen molar-refractivity contribution in [3.63, 3.8) is 0 Å². The molecule has 1 heterocycles. The van der Waals surface area contributed by atoms with Crippen LogP contribution in [0.25, 0.3) is 16.7 Å². The van der Waals surface area contributed by atoms with E-state index < -0.39 is 0 Å². The molecule has 0 spiro atoms. The number of hydrogen-bond donors (Lipinski definition) is 1. The number of hydrogen-bond acceptors (Lipinski definition) is 4. The normalized spacial score (nSPS) is 24.3. The number of ether oxygens (including phenoxy) is 1. The fourth-order valence-corrected chi connectivity index (χ4v) is 6.14. The zero-order valence-electron chi connectivity index (χ0n) is 20.4. The molecule has 1 saturated carbocycles. The molecule has 2 aliphatic rings. The van der Waals surface area contributed by atoms with Crippen molar-refractivity contribution in [2.45, 2.75) is 64.0 Å². The molecule has 4 aromatic rings. The van der Waals surface area contributed by atoms with Gasteiger partial charge in [-0.3, -0.25) is 0 Å². The Morgan fingerprint density at radius 2 is 1.69 bits per heavy atom. The highest BCUT2D eigenvalue weighted by atomic mass is 16.5. The summed E-state index contributed by atoms with van der Waals surface area (Å²) < 4.78 is 6.92. The number of fused-ring (bicyclic) bond motifs is 2. The summed E-state index contributed by atoms with van der Waals surface area (Å²) in [6, 6.07) is 23.4. The van der Waals surface area contributed by atoms with Crippen LogP contribution in [-0.4, -0.2) is 21.0 Å². The maximum Gasteiger partial charge on any atom is 0.147 e. The molecule has 3 aromatic carbocycles. The van der Waals surface area contributed by atoms with Gasteiger partial charge in [-0.2, -0.15) is 0 Å². The second-order valence-electron chi connectivity index (χ2n) is 10.5. The molecule has 180 valence electrons. The van der Waals surface area contributed by atoms with Crippen LogP contribution in [-0.2, 0) is 6.42 Å². The first kappa shape index (κ1) is 22.3. The SMILES string of the molecule is Cc1ccc(OC2c3ccccc3CC2CC2CCCCC(N)C2)c(-n2nc3ccccc3n2)c1. The molecule has 0 amide bonds. The van der Waals surface area contributed by atoms with Gasteiger partial charge >= 0.3 is 0 Å². The number of rotatable bonds is 5. The van der Waals surface area contributed by atoms with Crippen molar-refractivity contribution in [3.8, 4) is 11.4 Å². The Hall–Kier alpha value is -3.18. The monoisotopic (exact) mass is 466 g/mol. The molecule has 0 radical (unpaired) electrons. The van der Waals surface area contributed by atoms with Crippen molar-refractivity contribution in [2.24, 2.45) is 17.6 Å². The summed E-state index contributed by atoms with van der Waals surface area (Å²) in [6.45, 7) is 2.10. The van der Waals surface area contributed by atoms with Crippen LogP contribution < -0.4 is 10.5 Å². The molecule has 0 aliphatic heterocycles. The number of nitrogens with two attached hydrogens (primary N) is 1. The maximum absolute atomic E-state index is 6.92. The molecule has 4 atom stereocenters. The molecule has 5 heteroatoms. The maximum atomic E-state index is 6.92. The topological polar surface area (TPSA) is 66.0 Å². The van der Waals surface area contributed by atoms with Gasteiger partial charge < -0.3 is 10.5 Å². The first-order valence-corrected chi connectivity index (χ1v) is 13.1. The van der Waals surface area contributed by atoms with Crippen molar-refractivity contribution >= 4 is 11.0 Å². The molecule has 4 unspecified atom stereocenters. The Labute approximate surface area is 207 Å². The summed E-state index contributed by atoms with van der Waals surface area (Å²) in [7, 11) is 0. The van der Waals surface area contributed by atoms with Gasteiger partial charge in [0.05, 0.1) is 0 Å². The molecule has 35 heavy (non-hydrogen) atoms. The predicted octanol–water partition coefficient (Wildman–Crippen LogP) is 6.32. The summed E-state index contributed by atoms with van der Waals surface area (Å²) >= 11 is 0. The first-order chi connectivity index (χ1) is 17.1. The highest BCUT2D eigenvalue weighted by Crippen LogP contribution is 2.45. The largest absolute Gasteiger partial charge is 0.483 e. The molecule has 0 bridgehead atoms. The molecule has 2 N–H and O–H groups in total. The van der Waals surface area contributed by atoms with Gasteiger partial charge in [-0.1, -0.05) is 61.7 Å². The number of aromatic nitrogens is 3. The molecular formula is C30H34N4O. The quantitative estimate of drug-likeness (QED) is 0.350. The van der Waals surface area contributed by atoms with E-state index in [4.69, 9.17) is 20.7 Å². The predicted molar refractivity (Wildman–Crippen MR) is 140 cm³/mol. The van der Waals surface area contributed by atoms with E-state index in [0.717, 1.165) is 47.3 Å². The van der Waals surface area contributed by atoms with Crippen molar-refractivity contribution in [2.75, 3.05) is 0 Å². The third-order valence-electron chi connectivity index (χ3n) is 7.85.